The number of hydrogen-bond donors (Lipinski definition) is 2. The molecule has 0 unspecified atom stereocenters. The van der Waals surface area contributed by atoms with Crippen LogP contribution < -0.4 is 15.5 Å². The van der Waals surface area contributed by atoms with E-state index in [1.165, 1.54) is 6.20 Å². The summed E-state index contributed by atoms with van der Waals surface area (Å²) in [5.74, 6) is -0.0685. The van der Waals surface area contributed by atoms with Crippen molar-refractivity contribution < 1.29 is 23.5 Å². The summed E-state index contributed by atoms with van der Waals surface area (Å²) in [6.07, 6.45) is 2.49. The molecule has 0 atom stereocenters. The number of oxazole rings is 1. The molecule has 196 valence electrons. The Morgan fingerprint density at radius 3 is 2.55 bits per heavy atom. The fraction of sp³-hybridized carbons (Fsp3) is 0.308. The summed E-state index contributed by atoms with van der Waals surface area (Å²) < 4.78 is 16.5. The highest BCUT2D eigenvalue weighted by molar-refractivity contribution is 6.03. The van der Waals surface area contributed by atoms with Gasteiger partial charge in [0.25, 0.3) is 11.9 Å². The number of amides is 2. The van der Waals surface area contributed by atoms with Gasteiger partial charge in [-0.25, -0.2) is 19.7 Å². The molecule has 4 aromatic heterocycles. The van der Waals surface area contributed by atoms with Crippen LogP contribution in [0.15, 0.2) is 53.2 Å². The van der Waals surface area contributed by atoms with Crippen LogP contribution in [0.3, 0.4) is 0 Å². The molecule has 0 aromatic carbocycles. The number of fused-ring (bicyclic) bond motifs is 1. The van der Waals surface area contributed by atoms with Crippen molar-refractivity contribution in [3.8, 4) is 11.3 Å². The minimum absolute atomic E-state index is 0.213. The van der Waals surface area contributed by atoms with Crippen LogP contribution in [0.2, 0.25) is 0 Å². The fourth-order valence-electron chi connectivity index (χ4n) is 3.71. The number of hydrogen-bond acceptors (Lipinski definition) is 10. The van der Waals surface area contributed by atoms with Crippen LogP contribution in [0.25, 0.3) is 22.5 Å². The smallest absolute Gasteiger partial charge is 0.413 e. The Balaban J connectivity index is 1.26. The zero-order chi connectivity index (χ0) is 26.7. The molecule has 1 fully saturated rings. The topological polar surface area (TPSA) is 145 Å². The summed E-state index contributed by atoms with van der Waals surface area (Å²) in [7, 11) is 0. The first kappa shape index (κ1) is 25.1. The molecule has 0 saturated carbocycles. The number of carbonyl (C=O) groups excluding carboxylic acids is 2. The van der Waals surface area contributed by atoms with E-state index in [2.05, 4.69) is 30.6 Å². The molecule has 0 bridgehead atoms. The van der Waals surface area contributed by atoms with Gasteiger partial charge in [-0.1, -0.05) is 6.07 Å². The number of nitrogens with one attached hydrogen (secondary N) is 2. The zero-order valence-electron chi connectivity index (χ0n) is 21.2. The lowest BCUT2D eigenvalue weighted by Gasteiger charge is -2.24. The Hall–Kier alpha value is -4.58. The number of rotatable bonds is 5. The van der Waals surface area contributed by atoms with Gasteiger partial charge in [0.05, 0.1) is 30.8 Å². The molecule has 2 N–H and O–H groups in total. The minimum atomic E-state index is -0.614. The van der Waals surface area contributed by atoms with E-state index in [1.807, 2.05) is 4.90 Å². The SMILES string of the molecule is CC(C)(C)OC(=O)Nc1ccc(-c2cccc(C(=O)Nc3cnc4nc(N5CCOCC5)oc4c3)n2)cn1. The Kier molecular flexibility index (Phi) is 6.88. The number of aromatic nitrogens is 4. The van der Waals surface area contributed by atoms with Gasteiger partial charge in [0.1, 0.15) is 17.1 Å². The van der Waals surface area contributed by atoms with Gasteiger partial charge >= 0.3 is 6.09 Å². The fourth-order valence-corrected chi connectivity index (χ4v) is 3.71. The van der Waals surface area contributed by atoms with Gasteiger partial charge in [-0.05, 0) is 45.0 Å². The predicted octanol–water partition coefficient (Wildman–Crippen LogP) is 4.12. The van der Waals surface area contributed by atoms with Crippen LogP contribution in [0.4, 0.5) is 22.3 Å². The Morgan fingerprint density at radius 1 is 1.00 bits per heavy atom. The molecule has 1 aliphatic heterocycles. The molecule has 1 saturated heterocycles. The molecule has 0 spiro atoms. The highest BCUT2D eigenvalue weighted by Gasteiger charge is 2.19. The number of pyridine rings is 3. The summed E-state index contributed by atoms with van der Waals surface area (Å²) in [4.78, 5) is 44.3. The molecule has 12 nitrogen and oxygen atoms in total. The molecule has 38 heavy (non-hydrogen) atoms. The third kappa shape index (κ3) is 6.03. The first-order valence-corrected chi connectivity index (χ1v) is 12.1. The maximum atomic E-state index is 12.9. The average molecular weight is 518 g/mol. The van der Waals surface area contributed by atoms with Crippen LogP contribution in [-0.2, 0) is 9.47 Å². The lowest BCUT2D eigenvalue weighted by atomic mass is 10.1. The van der Waals surface area contributed by atoms with Crippen LogP contribution in [0, 0.1) is 0 Å². The second-order valence-electron chi connectivity index (χ2n) is 9.56. The number of nitrogens with zero attached hydrogens (tertiary/aromatic N) is 5. The van der Waals surface area contributed by atoms with E-state index in [0.29, 0.717) is 66.3 Å². The summed E-state index contributed by atoms with van der Waals surface area (Å²) >= 11 is 0. The third-order valence-corrected chi connectivity index (χ3v) is 5.45. The first-order chi connectivity index (χ1) is 18.2. The molecule has 5 rings (SSSR count). The summed E-state index contributed by atoms with van der Waals surface area (Å²) in [6, 6.07) is 10.7. The van der Waals surface area contributed by atoms with Crippen molar-refractivity contribution in [2.45, 2.75) is 26.4 Å². The van der Waals surface area contributed by atoms with Crippen LogP contribution >= 0.6 is 0 Å². The van der Waals surface area contributed by atoms with Gasteiger partial charge in [0.2, 0.25) is 5.65 Å². The quantitative estimate of drug-likeness (QED) is 0.397. The van der Waals surface area contributed by atoms with E-state index in [-0.39, 0.29) is 5.69 Å². The van der Waals surface area contributed by atoms with Crippen molar-refractivity contribution in [2.24, 2.45) is 0 Å². The summed E-state index contributed by atoms with van der Waals surface area (Å²) in [6.45, 7) is 7.95. The first-order valence-electron chi connectivity index (χ1n) is 12.1. The summed E-state index contributed by atoms with van der Waals surface area (Å²) in [5.41, 5.74) is 2.21. The van der Waals surface area contributed by atoms with E-state index >= 15 is 0 Å². The minimum Gasteiger partial charge on any atom is -0.444 e. The van der Waals surface area contributed by atoms with Gasteiger partial charge < -0.3 is 24.1 Å². The third-order valence-electron chi connectivity index (χ3n) is 5.45. The molecular weight excluding hydrogens is 490 g/mol. The van der Waals surface area contributed by atoms with Crippen molar-refractivity contribution in [1.29, 1.82) is 0 Å². The maximum Gasteiger partial charge on any atom is 0.413 e. The van der Waals surface area contributed by atoms with E-state index < -0.39 is 17.6 Å². The molecule has 5 heterocycles. The molecule has 4 aromatic rings. The van der Waals surface area contributed by atoms with E-state index in [4.69, 9.17) is 13.9 Å². The van der Waals surface area contributed by atoms with Crippen molar-refractivity contribution >= 4 is 40.8 Å². The lowest BCUT2D eigenvalue weighted by molar-refractivity contribution is 0.0635. The molecule has 2 amide bonds. The number of anilines is 3. The number of carbonyl (C=O) groups is 2. The second-order valence-corrected chi connectivity index (χ2v) is 9.56. The average Bonchev–Trinajstić information content (AvgIpc) is 3.32. The second kappa shape index (κ2) is 10.4. The summed E-state index contributed by atoms with van der Waals surface area (Å²) in [5, 5.41) is 5.39. The molecule has 0 aliphatic carbocycles. The molecular formula is C26H27N7O5. The Labute approximate surface area is 218 Å². The largest absolute Gasteiger partial charge is 0.444 e. The lowest BCUT2D eigenvalue weighted by Crippen LogP contribution is -2.36. The van der Waals surface area contributed by atoms with Crippen LogP contribution in [0.5, 0.6) is 0 Å². The van der Waals surface area contributed by atoms with E-state index in [9.17, 15) is 9.59 Å². The standard InChI is InChI=1S/C26H27N7O5/c1-26(2,3)38-25(35)31-21-8-7-16(14-27-21)18-5-4-6-19(30-18)23(34)29-17-13-20-22(28-15-17)32-24(37-20)33-9-11-36-12-10-33/h4-8,13-15H,9-12H2,1-3H3,(H,29,34)(H,27,31,35). The predicted molar refractivity (Wildman–Crippen MR) is 140 cm³/mol. The Morgan fingerprint density at radius 2 is 1.82 bits per heavy atom. The maximum absolute atomic E-state index is 12.9. The zero-order valence-corrected chi connectivity index (χ0v) is 21.2. The normalized spacial score (nSPS) is 13.8. The molecule has 0 radical (unpaired) electrons. The monoisotopic (exact) mass is 517 g/mol. The van der Waals surface area contributed by atoms with Crippen LogP contribution in [-0.4, -0.2) is 63.8 Å². The molecule has 1 aliphatic rings. The van der Waals surface area contributed by atoms with Gasteiger partial charge in [-0.3, -0.25) is 10.1 Å². The highest BCUT2D eigenvalue weighted by atomic mass is 16.6. The van der Waals surface area contributed by atoms with E-state index in [0.717, 1.165) is 0 Å². The van der Waals surface area contributed by atoms with Gasteiger partial charge in [-0.2, -0.15) is 4.98 Å². The Bertz CT molecular complexity index is 1460. The van der Waals surface area contributed by atoms with Crippen molar-refractivity contribution in [2.75, 3.05) is 41.8 Å². The number of morpholine rings is 1. The van der Waals surface area contributed by atoms with Crippen molar-refractivity contribution in [1.82, 2.24) is 19.9 Å². The van der Waals surface area contributed by atoms with E-state index in [1.54, 1.807) is 63.4 Å². The molecule has 12 heteroatoms. The van der Waals surface area contributed by atoms with Crippen molar-refractivity contribution in [3.63, 3.8) is 0 Å². The van der Waals surface area contributed by atoms with Crippen molar-refractivity contribution in [3.05, 3.63) is 54.5 Å². The highest BCUT2D eigenvalue weighted by Crippen LogP contribution is 2.24. The number of ether oxygens (including phenoxy) is 2. The van der Waals surface area contributed by atoms with Gasteiger partial charge in [-0.15, -0.1) is 0 Å². The van der Waals surface area contributed by atoms with Crippen LogP contribution in [0.1, 0.15) is 31.3 Å². The van der Waals surface area contributed by atoms with Gasteiger partial charge in [0.15, 0.2) is 5.58 Å². The van der Waals surface area contributed by atoms with Gasteiger partial charge in [0, 0.05) is 30.9 Å².